The number of rotatable bonds is 5. The molecule has 5 nitrogen and oxygen atoms in total. The van der Waals surface area contributed by atoms with E-state index in [0.717, 1.165) is 44.4 Å². The summed E-state index contributed by atoms with van der Waals surface area (Å²) in [6.45, 7) is 1.46. The first-order valence-electron chi connectivity index (χ1n) is 11.0. The van der Waals surface area contributed by atoms with Gasteiger partial charge in [0.05, 0.1) is 7.11 Å². The zero-order valence-corrected chi connectivity index (χ0v) is 17.6. The van der Waals surface area contributed by atoms with Crippen LogP contribution >= 0.6 is 0 Å². The van der Waals surface area contributed by atoms with Crippen molar-refractivity contribution in [1.29, 1.82) is 0 Å². The van der Waals surface area contributed by atoms with Gasteiger partial charge in [0.1, 0.15) is 5.75 Å². The maximum absolute atomic E-state index is 13.1. The van der Waals surface area contributed by atoms with Crippen LogP contribution in [0.3, 0.4) is 0 Å². The van der Waals surface area contributed by atoms with Gasteiger partial charge in [-0.1, -0.05) is 37.5 Å². The largest absolute Gasteiger partial charge is 0.497 e. The molecule has 0 bridgehead atoms. The Morgan fingerprint density at radius 3 is 2.50 bits per heavy atom. The highest BCUT2D eigenvalue weighted by Crippen LogP contribution is 2.30. The van der Waals surface area contributed by atoms with Crippen molar-refractivity contribution in [2.75, 3.05) is 25.5 Å². The molecule has 2 fully saturated rings. The van der Waals surface area contributed by atoms with Crippen LogP contribution in [0.5, 0.6) is 5.75 Å². The minimum Gasteiger partial charge on any atom is -0.497 e. The first kappa shape index (κ1) is 20.5. The molecule has 1 atom stereocenters. The summed E-state index contributed by atoms with van der Waals surface area (Å²) in [6, 6.07) is 15.5. The molecular weight excluding hydrogens is 376 g/mol. The van der Waals surface area contributed by atoms with Crippen molar-refractivity contribution >= 4 is 17.5 Å². The van der Waals surface area contributed by atoms with Gasteiger partial charge in [0.15, 0.2) is 0 Å². The lowest BCUT2D eigenvalue weighted by molar-refractivity contribution is -0.120. The smallest absolute Gasteiger partial charge is 0.253 e. The molecule has 5 heteroatoms. The van der Waals surface area contributed by atoms with E-state index in [0.29, 0.717) is 23.7 Å². The summed E-state index contributed by atoms with van der Waals surface area (Å²) in [5, 5.41) is 3.02. The second-order valence-corrected chi connectivity index (χ2v) is 8.41. The van der Waals surface area contributed by atoms with Crippen LogP contribution in [0.2, 0.25) is 0 Å². The second kappa shape index (κ2) is 9.33. The Morgan fingerprint density at radius 2 is 1.77 bits per heavy atom. The zero-order valence-electron chi connectivity index (χ0n) is 17.6. The third-order valence-corrected chi connectivity index (χ3v) is 6.42. The van der Waals surface area contributed by atoms with E-state index < -0.39 is 0 Å². The lowest BCUT2D eigenvalue weighted by atomic mass is 9.88. The molecule has 1 aliphatic carbocycles. The van der Waals surface area contributed by atoms with Gasteiger partial charge in [0.2, 0.25) is 5.91 Å². The Labute approximate surface area is 178 Å². The van der Waals surface area contributed by atoms with Gasteiger partial charge in [0.25, 0.3) is 5.91 Å². The van der Waals surface area contributed by atoms with Crippen LogP contribution in [-0.4, -0.2) is 36.9 Å². The van der Waals surface area contributed by atoms with Gasteiger partial charge in [-0.15, -0.1) is 0 Å². The number of hydrogen-bond donors (Lipinski definition) is 1. The standard InChI is InChI=1S/C25H30N2O3/c1-30-23-12-10-18(11-13-23)21-14-15-27(17-21)25(29)20-8-5-9-22(16-20)26-24(28)19-6-3-2-4-7-19/h5,8-13,16,19,21H,2-4,6-7,14-15,17H2,1H3,(H,26,28). The number of carbonyl (C=O) groups is 2. The molecule has 30 heavy (non-hydrogen) atoms. The molecular formula is C25H30N2O3. The SMILES string of the molecule is COc1ccc(C2CCN(C(=O)c3cccc(NC(=O)C4CCCCC4)c3)C2)cc1. The van der Waals surface area contributed by atoms with Crippen molar-refractivity contribution in [3.8, 4) is 5.75 Å². The minimum absolute atomic E-state index is 0.0276. The number of methoxy groups -OCH3 is 1. The molecule has 1 saturated carbocycles. The summed E-state index contributed by atoms with van der Waals surface area (Å²) in [4.78, 5) is 27.5. The maximum Gasteiger partial charge on any atom is 0.253 e. The van der Waals surface area contributed by atoms with Gasteiger partial charge in [-0.05, 0) is 55.2 Å². The Kier molecular flexibility index (Phi) is 6.36. The van der Waals surface area contributed by atoms with Gasteiger partial charge in [-0.2, -0.15) is 0 Å². The number of benzene rings is 2. The number of carbonyl (C=O) groups excluding carboxylic acids is 2. The molecule has 0 radical (unpaired) electrons. The van der Waals surface area contributed by atoms with Crippen molar-refractivity contribution < 1.29 is 14.3 Å². The number of nitrogens with one attached hydrogen (secondary N) is 1. The molecule has 0 aromatic heterocycles. The Morgan fingerprint density at radius 1 is 1.00 bits per heavy atom. The zero-order chi connectivity index (χ0) is 20.9. The quantitative estimate of drug-likeness (QED) is 0.773. The normalized spacial score (nSPS) is 19.5. The number of anilines is 1. The molecule has 0 spiro atoms. The van der Waals surface area contributed by atoms with Crippen LogP contribution in [0.15, 0.2) is 48.5 Å². The summed E-state index contributed by atoms with van der Waals surface area (Å²) in [5.74, 6) is 1.40. The fourth-order valence-corrected chi connectivity index (χ4v) is 4.61. The van der Waals surface area contributed by atoms with E-state index in [9.17, 15) is 9.59 Å². The van der Waals surface area contributed by atoms with Crippen molar-refractivity contribution in [2.45, 2.75) is 44.4 Å². The molecule has 2 amide bonds. The predicted molar refractivity (Wildman–Crippen MR) is 118 cm³/mol. The van der Waals surface area contributed by atoms with Crippen LogP contribution in [-0.2, 0) is 4.79 Å². The molecule has 1 N–H and O–H groups in total. The van der Waals surface area contributed by atoms with Gasteiger partial charge in [0, 0.05) is 36.2 Å². The average Bonchev–Trinajstić information content (AvgIpc) is 3.29. The fourth-order valence-electron chi connectivity index (χ4n) is 4.61. The second-order valence-electron chi connectivity index (χ2n) is 8.41. The third kappa shape index (κ3) is 4.66. The summed E-state index contributed by atoms with van der Waals surface area (Å²) in [7, 11) is 1.66. The van der Waals surface area contributed by atoms with E-state index in [1.165, 1.54) is 12.0 Å². The van der Waals surface area contributed by atoms with Crippen molar-refractivity contribution in [1.82, 2.24) is 4.90 Å². The van der Waals surface area contributed by atoms with E-state index in [1.807, 2.05) is 41.3 Å². The van der Waals surface area contributed by atoms with E-state index in [-0.39, 0.29) is 17.7 Å². The molecule has 2 aliphatic rings. The van der Waals surface area contributed by atoms with Gasteiger partial charge in [-0.3, -0.25) is 9.59 Å². The first-order valence-corrected chi connectivity index (χ1v) is 11.0. The highest BCUT2D eigenvalue weighted by atomic mass is 16.5. The number of amides is 2. The summed E-state index contributed by atoms with van der Waals surface area (Å²) < 4.78 is 5.23. The molecule has 4 rings (SSSR count). The Bertz CT molecular complexity index is 888. The topological polar surface area (TPSA) is 58.6 Å². The lowest BCUT2D eigenvalue weighted by Crippen LogP contribution is -2.29. The van der Waals surface area contributed by atoms with Gasteiger partial charge in [-0.25, -0.2) is 0 Å². The number of ether oxygens (including phenoxy) is 1. The number of likely N-dealkylation sites (tertiary alicyclic amines) is 1. The fraction of sp³-hybridized carbons (Fsp3) is 0.440. The number of hydrogen-bond acceptors (Lipinski definition) is 3. The third-order valence-electron chi connectivity index (χ3n) is 6.42. The van der Waals surface area contributed by atoms with Crippen molar-refractivity contribution in [2.24, 2.45) is 5.92 Å². The number of nitrogens with zero attached hydrogens (tertiary/aromatic N) is 1. The Hall–Kier alpha value is -2.82. The summed E-state index contributed by atoms with van der Waals surface area (Å²) in [5.41, 5.74) is 2.58. The molecule has 1 unspecified atom stereocenters. The molecule has 2 aromatic carbocycles. The molecule has 158 valence electrons. The van der Waals surface area contributed by atoms with Crippen LogP contribution < -0.4 is 10.1 Å². The summed E-state index contributed by atoms with van der Waals surface area (Å²) in [6.07, 6.45) is 6.36. The molecule has 1 saturated heterocycles. The van der Waals surface area contributed by atoms with Crippen molar-refractivity contribution in [3.63, 3.8) is 0 Å². The van der Waals surface area contributed by atoms with Crippen LogP contribution in [0.25, 0.3) is 0 Å². The van der Waals surface area contributed by atoms with E-state index in [4.69, 9.17) is 4.74 Å². The minimum atomic E-state index is 0.0276. The predicted octanol–water partition coefficient (Wildman–Crippen LogP) is 4.84. The molecule has 1 aliphatic heterocycles. The van der Waals surface area contributed by atoms with E-state index in [1.54, 1.807) is 7.11 Å². The van der Waals surface area contributed by atoms with Crippen LogP contribution in [0.4, 0.5) is 5.69 Å². The molecule has 2 aromatic rings. The monoisotopic (exact) mass is 406 g/mol. The summed E-state index contributed by atoms with van der Waals surface area (Å²) >= 11 is 0. The maximum atomic E-state index is 13.1. The molecule has 1 heterocycles. The van der Waals surface area contributed by atoms with Gasteiger partial charge < -0.3 is 15.0 Å². The Balaban J connectivity index is 1.38. The van der Waals surface area contributed by atoms with Gasteiger partial charge >= 0.3 is 0 Å². The lowest BCUT2D eigenvalue weighted by Gasteiger charge is -2.21. The highest BCUT2D eigenvalue weighted by molar-refractivity contribution is 5.97. The highest BCUT2D eigenvalue weighted by Gasteiger charge is 2.28. The van der Waals surface area contributed by atoms with Crippen LogP contribution in [0.1, 0.15) is 60.4 Å². The van der Waals surface area contributed by atoms with E-state index in [2.05, 4.69) is 17.4 Å². The average molecular weight is 407 g/mol. The van der Waals surface area contributed by atoms with E-state index >= 15 is 0 Å². The first-order chi connectivity index (χ1) is 14.6. The van der Waals surface area contributed by atoms with Crippen LogP contribution in [0, 0.1) is 5.92 Å². The van der Waals surface area contributed by atoms with Crippen molar-refractivity contribution in [3.05, 3.63) is 59.7 Å².